The Bertz CT molecular complexity index is 1240. The van der Waals surface area contributed by atoms with Gasteiger partial charge in [0.15, 0.2) is 5.17 Å². The van der Waals surface area contributed by atoms with E-state index < -0.39 is 0 Å². The van der Waals surface area contributed by atoms with Crippen LogP contribution < -0.4 is 9.64 Å². The molecule has 0 aromatic heterocycles. The molecule has 1 aliphatic rings. The highest BCUT2D eigenvalue weighted by Crippen LogP contribution is 2.40. The summed E-state index contributed by atoms with van der Waals surface area (Å²) in [6.07, 6.45) is 1.74. The second kappa shape index (κ2) is 9.41. The number of aliphatic imine (C=N–C) groups is 1. The van der Waals surface area contributed by atoms with Crippen molar-refractivity contribution >= 4 is 63.5 Å². The van der Waals surface area contributed by atoms with Gasteiger partial charge in [0.25, 0.3) is 5.91 Å². The first kappa shape index (κ1) is 22.5. The number of hydrogen-bond acceptors (Lipinski definition) is 4. The fourth-order valence-corrected chi connectivity index (χ4v) is 5.04. The molecule has 0 spiro atoms. The summed E-state index contributed by atoms with van der Waals surface area (Å²) in [4.78, 5) is 20.5. The van der Waals surface area contributed by atoms with Crippen molar-refractivity contribution in [2.24, 2.45) is 4.99 Å². The Hall–Kier alpha value is -2.73. The molecule has 0 N–H and O–H groups in total. The van der Waals surface area contributed by atoms with Crippen molar-refractivity contribution in [1.82, 2.24) is 0 Å². The molecule has 1 fully saturated rings. The second-order valence-electron chi connectivity index (χ2n) is 7.23. The van der Waals surface area contributed by atoms with Gasteiger partial charge in [-0.15, -0.1) is 0 Å². The molecule has 0 bridgehead atoms. The van der Waals surface area contributed by atoms with Gasteiger partial charge in [0, 0.05) is 10.6 Å². The molecule has 0 unspecified atom stereocenters. The number of methoxy groups -OCH3 is 1. The molecule has 1 heterocycles. The van der Waals surface area contributed by atoms with Gasteiger partial charge in [-0.2, -0.15) is 0 Å². The highest BCUT2D eigenvalue weighted by atomic mass is 35.5. The van der Waals surface area contributed by atoms with Crippen molar-refractivity contribution in [2.45, 2.75) is 13.8 Å². The number of anilines is 1. The van der Waals surface area contributed by atoms with E-state index in [1.54, 1.807) is 23.1 Å². The van der Waals surface area contributed by atoms with Crippen LogP contribution >= 0.6 is 35.0 Å². The third-order valence-electron chi connectivity index (χ3n) is 5.00. The molecule has 1 aliphatic heterocycles. The predicted octanol–water partition coefficient (Wildman–Crippen LogP) is 7.43. The van der Waals surface area contributed by atoms with Crippen molar-refractivity contribution in [2.75, 3.05) is 12.0 Å². The Morgan fingerprint density at radius 1 is 1.00 bits per heavy atom. The van der Waals surface area contributed by atoms with E-state index >= 15 is 0 Å². The number of thioether (sulfide) groups is 1. The monoisotopic (exact) mass is 482 g/mol. The van der Waals surface area contributed by atoms with Crippen LogP contribution in [0.15, 0.2) is 70.6 Å². The van der Waals surface area contributed by atoms with Crippen molar-refractivity contribution in [3.05, 3.63) is 92.3 Å². The van der Waals surface area contributed by atoms with Crippen molar-refractivity contribution in [1.29, 1.82) is 0 Å². The number of nitrogens with zero attached hydrogens (tertiary/aromatic N) is 2. The van der Waals surface area contributed by atoms with E-state index in [-0.39, 0.29) is 5.91 Å². The number of rotatable bonds is 4. The lowest BCUT2D eigenvalue weighted by Crippen LogP contribution is -2.28. The molecular weight excluding hydrogens is 463 g/mol. The Morgan fingerprint density at radius 3 is 2.34 bits per heavy atom. The predicted molar refractivity (Wildman–Crippen MR) is 136 cm³/mol. The van der Waals surface area contributed by atoms with Gasteiger partial charge in [0.1, 0.15) is 5.75 Å². The number of amidine groups is 1. The van der Waals surface area contributed by atoms with Crippen LogP contribution in [0.5, 0.6) is 5.75 Å². The number of ether oxygens (including phenoxy) is 1. The molecule has 4 rings (SSSR count). The zero-order valence-electron chi connectivity index (χ0n) is 17.7. The largest absolute Gasteiger partial charge is 0.495 e. The van der Waals surface area contributed by atoms with Crippen LogP contribution in [0.25, 0.3) is 6.08 Å². The van der Waals surface area contributed by atoms with Gasteiger partial charge in [-0.3, -0.25) is 9.69 Å². The van der Waals surface area contributed by atoms with Gasteiger partial charge >= 0.3 is 0 Å². The van der Waals surface area contributed by atoms with Crippen LogP contribution in [-0.2, 0) is 4.79 Å². The van der Waals surface area contributed by atoms with E-state index in [0.29, 0.717) is 31.4 Å². The minimum absolute atomic E-state index is 0.177. The summed E-state index contributed by atoms with van der Waals surface area (Å²) in [7, 11) is 1.53. The molecule has 0 saturated carbocycles. The number of carbonyl (C=O) groups excluding carboxylic acids is 1. The highest BCUT2D eigenvalue weighted by molar-refractivity contribution is 8.19. The lowest BCUT2D eigenvalue weighted by Gasteiger charge is -2.16. The number of halogens is 2. The summed E-state index contributed by atoms with van der Waals surface area (Å²) < 4.78 is 5.44. The molecule has 7 heteroatoms. The van der Waals surface area contributed by atoms with Crippen molar-refractivity contribution < 1.29 is 9.53 Å². The molecule has 0 atom stereocenters. The zero-order chi connectivity index (χ0) is 22.8. The summed E-state index contributed by atoms with van der Waals surface area (Å²) in [6.45, 7) is 4.02. The lowest BCUT2D eigenvalue weighted by molar-refractivity contribution is -0.113. The number of amides is 1. The van der Waals surface area contributed by atoms with Gasteiger partial charge in [-0.1, -0.05) is 59.6 Å². The van der Waals surface area contributed by atoms with Crippen LogP contribution in [0, 0.1) is 13.8 Å². The minimum atomic E-state index is -0.177. The SMILES string of the molecule is COc1c(Cl)cc(Cl)cc1/C=C1/SC(=Nc2c(C)cccc2C)N(c2ccccc2)C1=O. The van der Waals surface area contributed by atoms with E-state index in [4.69, 9.17) is 32.9 Å². The zero-order valence-corrected chi connectivity index (χ0v) is 20.1. The maximum atomic E-state index is 13.5. The van der Waals surface area contributed by atoms with Gasteiger partial charge in [0.2, 0.25) is 0 Å². The number of hydrogen-bond donors (Lipinski definition) is 0. The van der Waals surface area contributed by atoms with Gasteiger partial charge < -0.3 is 4.74 Å². The summed E-state index contributed by atoms with van der Waals surface area (Å²) in [5, 5.41) is 1.42. The molecule has 3 aromatic rings. The average Bonchev–Trinajstić information content (AvgIpc) is 3.06. The normalized spacial score (nSPS) is 16.3. The molecule has 32 heavy (non-hydrogen) atoms. The first-order valence-corrected chi connectivity index (χ1v) is 11.4. The van der Waals surface area contributed by atoms with E-state index in [9.17, 15) is 4.79 Å². The summed E-state index contributed by atoms with van der Waals surface area (Å²) in [5.74, 6) is 0.285. The first-order valence-electron chi connectivity index (χ1n) is 9.86. The summed E-state index contributed by atoms with van der Waals surface area (Å²) >= 11 is 13.8. The van der Waals surface area contributed by atoms with E-state index in [1.807, 2.05) is 62.4 Å². The van der Waals surface area contributed by atoms with E-state index in [0.717, 1.165) is 22.5 Å². The molecular formula is C25H20Cl2N2O2S. The van der Waals surface area contributed by atoms with E-state index in [1.165, 1.54) is 18.9 Å². The van der Waals surface area contributed by atoms with Gasteiger partial charge in [-0.05, 0) is 67.1 Å². The Labute approximate surface area is 201 Å². The van der Waals surface area contributed by atoms with Gasteiger partial charge in [0.05, 0.1) is 28.4 Å². The average molecular weight is 483 g/mol. The van der Waals surface area contributed by atoms with Crippen LogP contribution in [0.2, 0.25) is 10.0 Å². The fraction of sp³-hybridized carbons (Fsp3) is 0.120. The Morgan fingerprint density at radius 2 is 1.69 bits per heavy atom. The third-order valence-corrected chi connectivity index (χ3v) is 6.46. The minimum Gasteiger partial charge on any atom is -0.495 e. The number of para-hydroxylation sites is 2. The third kappa shape index (κ3) is 4.42. The fourth-order valence-electron chi connectivity index (χ4n) is 3.48. The van der Waals surface area contributed by atoms with Crippen LogP contribution in [0.1, 0.15) is 16.7 Å². The van der Waals surface area contributed by atoms with Gasteiger partial charge in [-0.25, -0.2) is 4.99 Å². The number of carbonyl (C=O) groups is 1. The molecule has 0 aliphatic carbocycles. The Kier molecular flexibility index (Phi) is 6.60. The molecule has 1 amide bonds. The molecule has 162 valence electrons. The number of aryl methyl sites for hydroxylation is 2. The summed E-state index contributed by atoms with van der Waals surface area (Å²) in [5.41, 5.74) is 4.31. The second-order valence-corrected chi connectivity index (χ2v) is 9.08. The quantitative estimate of drug-likeness (QED) is 0.363. The molecule has 0 radical (unpaired) electrons. The molecule has 1 saturated heterocycles. The highest BCUT2D eigenvalue weighted by Gasteiger charge is 2.35. The van der Waals surface area contributed by atoms with Crippen LogP contribution in [0.4, 0.5) is 11.4 Å². The summed E-state index contributed by atoms with van der Waals surface area (Å²) in [6, 6.07) is 18.8. The maximum absolute atomic E-state index is 13.5. The van der Waals surface area contributed by atoms with Crippen molar-refractivity contribution in [3.8, 4) is 5.75 Å². The van der Waals surface area contributed by atoms with Crippen LogP contribution in [-0.4, -0.2) is 18.2 Å². The lowest BCUT2D eigenvalue weighted by atomic mass is 10.1. The maximum Gasteiger partial charge on any atom is 0.271 e. The standard InChI is InChI=1S/C25H20Cl2N2O2S/c1-15-8-7-9-16(2)22(15)28-25-29(19-10-5-4-6-11-19)24(30)21(32-25)13-17-12-18(26)14-20(27)23(17)31-3/h4-14H,1-3H3/b21-13+,28-25?. The smallest absolute Gasteiger partial charge is 0.271 e. The number of benzene rings is 3. The Balaban J connectivity index is 1.86. The van der Waals surface area contributed by atoms with E-state index in [2.05, 4.69) is 0 Å². The van der Waals surface area contributed by atoms with Crippen LogP contribution in [0.3, 0.4) is 0 Å². The van der Waals surface area contributed by atoms with Crippen molar-refractivity contribution in [3.63, 3.8) is 0 Å². The topological polar surface area (TPSA) is 41.9 Å². The molecule has 3 aromatic carbocycles. The molecule has 4 nitrogen and oxygen atoms in total. The first-order chi connectivity index (χ1) is 15.4.